The Hall–Kier alpha value is -7.21. The number of hydrogen-bond donors (Lipinski definition) is 2. The van der Waals surface area contributed by atoms with E-state index in [-0.39, 0.29) is 17.7 Å². The van der Waals surface area contributed by atoms with E-state index in [2.05, 4.69) is 211 Å². The van der Waals surface area contributed by atoms with Crippen LogP contribution in [0.15, 0.2) is 191 Å². The van der Waals surface area contributed by atoms with Crippen molar-refractivity contribution >= 4 is 49.6 Å². The second kappa shape index (κ2) is 12.9. The second-order valence-electron chi connectivity index (χ2n) is 16.4. The van der Waals surface area contributed by atoms with Gasteiger partial charge in [0.2, 0.25) is 0 Å². The van der Waals surface area contributed by atoms with Crippen molar-refractivity contribution in [2.24, 2.45) is 4.99 Å². The zero-order chi connectivity index (χ0) is 39.2. The van der Waals surface area contributed by atoms with Gasteiger partial charge >= 0.3 is 0 Å². The highest BCUT2D eigenvalue weighted by molar-refractivity contribution is 6.15. The van der Waals surface area contributed by atoms with Crippen molar-refractivity contribution in [2.45, 2.75) is 31.6 Å². The molecular weight excluding hydrogens is 721 g/mol. The lowest BCUT2D eigenvalue weighted by molar-refractivity contribution is 0.411. The van der Waals surface area contributed by atoms with E-state index in [0.29, 0.717) is 0 Å². The van der Waals surface area contributed by atoms with Crippen LogP contribution in [-0.2, 0) is 5.41 Å². The molecule has 0 spiro atoms. The maximum absolute atomic E-state index is 7.00. The Labute approximate surface area is 342 Å². The quantitative estimate of drug-likeness (QED) is 0.184. The molecule has 1 aliphatic carbocycles. The molecule has 0 radical (unpaired) electrons. The van der Waals surface area contributed by atoms with Gasteiger partial charge in [0, 0.05) is 38.1 Å². The Morgan fingerprint density at radius 1 is 0.559 bits per heavy atom. The summed E-state index contributed by atoms with van der Waals surface area (Å²) >= 11 is 0. The first-order chi connectivity index (χ1) is 29.0. The molecule has 8 aromatic carbocycles. The summed E-state index contributed by atoms with van der Waals surface area (Å²) in [5.41, 5.74) is 15.9. The highest BCUT2D eigenvalue weighted by Crippen LogP contribution is 2.51. The summed E-state index contributed by atoms with van der Waals surface area (Å²) in [5.74, 6) is 0.841. The summed E-state index contributed by atoms with van der Waals surface area (Å²) in [6.07, 6.45) is -0.530. The highest BCUT2D eigenvalue weighted by atomic mass is 16.3. The van der Waals surface area contributed by atoms with Gasteiger partial charge in [0.1, 0.15) is 23.8 Å². The molecule has 2 aromatic heterocycles. The van der Waals surface area contributed by atoms with Gasteiger partial charge in [0.05, 0.1) is 16.7 Å². The van der Waals surface area contributed by atoms with Gasteiger partial charge in [-0.05, 0) is 75.3 Å². The Morgan fingerprint density at radius 3 is 2.15 bits per heavy atom. The van der Waals surface area contributed by atoms with Crippen molar-refractivity contribution in [3.8, 4) is 27.9 Å². The van der Waals surface area contributed by atoms with Gasteiger partial charge in [-0.15, -0.1) is 0 Å². The van der Waals surface area contributed by atoms with Gasteiger partial charge in [-0.25, -0.2) is 4.99 Å². The van der Waals surface area contributed by atoms with E-state index in [1.54, 1.807) is 0 Å². The molecule has 2 unspecified atom stereocenters. The van der Waals surface area contributed by atoms with Crippen LogP contribution in [0.4, 0.5) is 0 Å². The molecule has 5 nitrogen and oxygen atoms in total. The zero-order valence-electron chi connectivity index (χ0n) is 32.8. The molecule has 2 atom stereocenters. The molecule has 10 aromatic rings. The summed E-state index contributed by atoms with van der Waals surface area (Å²) in [4.78, 5) is 5.28. The van der Waals surface area contributed by atoms with Gasteiger partial charge in [0.15, 0.2) is 5.58 Å². The van der Waals surface area contributed by atoms with Crippen molar-refractivity contribution in [2.75, 3.05) is 0 Å². The first kappa shape index (κ1) is 33.9. The van der Waals surface area contributed by atoms with Crippen LogP contribution in [0.3, 0.4) is 0 Å². The van der Waals surface area contributed by atoms with Crippen molar-refractivity contribution in [1.29, 1.82) is 0 Å². The fourth-order valence-electron chi connectivity index (χ4n) is 9.85. The van der Waals surface area contributed by atoms with E-state index in [9.17, 15) is 0 Å². The minimum atomic E-state index is -0.267. The number of rotatable bonds is 5. The molecule has 12 rings (SSSR count). The molecule has 0 saturated carbocycles. The van der Waals surface area contributed by atoms with Crippen LogP contribution < -0.4 is 10.6 Å². The third-order valence-corrected chi connectivity index (χ3v) is 12.7. The van der Waals surface area contributed by atoms with Crippen LogP contribution >= 0.6 is 0 Å². The van der Waals surface area contributed by atoms with E-state index < -0.39 is 0 Å². The Bertz CT molecular complexity index is 3320. The molecule has 282 valence electrons. The molecule has 0 fully saturated rings. The zero-order valence-corrected chi connectivity index (χ0v) is 32.8. The first-order valence-corrected chi connectivity index (χ1v) is 20.4. The van der Waals surface area contributed by atoms with Gasteiger partial charge in [-0.3, -0.25) is 5.32 Å². The topological polar surface area (TPSA) is 54.5 Å². The lowest BCUT2D eigenvalue weighted by Crippen LogP contribution is -2.45. The second-order valence-corrected chi connectivity index (χ2v) is 16.4. The molecule has 2 aliphatic rings. The lowest BCUT2D eigenvalue weighted by Gasteiger charge is -2.32. The van der Waals surface area contributed by atoms with Crippen LogP contribution in [0, 0.1) is 0 Å². The van der Waals surface area contributed by atoms with Crippen molar-refractivity contribution in [1.82, 2.24) is 15.2 Å². The number of benzene rings is 8. The molecule has 59 heavy (non-hydrogen) atoms. The minimum Gasteiger partial charge on any atom is -0.454 e. The van der Waals surface area contributed by atoms with Crippen molar-refractivity contribution in [3.63, 3.8) is 0 Å². The Morgan fingerprint density at radius 2 is 1.27 bits per heavy atom. The molecule has 0 saturated heterocycles. The van der Waals surface area contributed by atoms with Crippen molar-refractivity contribution in [3.05, 3.63) is 210 Å². The number of hydrogen-bond acceptors (Lipinski definition) is 4. The summed E-state index contributed by atoms with van der Waals surface area (Å²) in [6, 6.07) is 65.2. The maximum atomic E-state index is 7.00. The average Bonchev–Trinajstić information content (AvgIpc) is 3.91. The number of aliphatic imine (C=N–C) groups is 1. The predicted octanol–water partition coefficient (Wildman–Crippen LogP) is 13.0. The van der Waals surface area contributed by atoms with E-state index >= 15 is 0 Å². The van der Waals surface area contributed by atoms with Crippen LogP contribution in [0.5, 0.6) is 0 Å². The summed E-state index contributed by atoms with van der Waals surface area (Å²) in [6.45, 7) is 4.70. The normalized spacial score (nSPS) is 16.9. The number of furan rings is 1. The predicted molar refractivity (Wildman–Crippen MR) is 242 cm³/mol. The summed E-state index contributed by atoms with van der Waals surface area (Å²) < 4.78 is 9.42. The largest absolute Gasteiger partial charge is 0.454 e. The highest BCUT2D eigenvalue weighted by Gasteiger charge is 2.36. The number of amidine groups is 1. The number of nitrogens with one attached hydrogen (secondary N) is 2. The minimum absolute atomic E-state index is 0.121. The van der Waals surface area contributed by atoms with Crippen LogP contribution in [0.2, 0.25) is 0 Å². The molecule has 0 bridgehead atoms. The van der Waals surface area contributed by atoms with Gasteiger partial charge in [0.25, 0.3) is 0 Å². The fraction of sp³-hybridized carbons (Fsp3) is 0.0926. The molecule has 2 N–H and O–H groups in total. The van der Waals surface area contributed by atoms with E-state index in [4.69, 9.17) is 9.41 Å². The SMILES string of the molecule is CC1(C)c2ccccc2-c2cc3c4ccccc4n(-c4cccc5c4oc4cccc(C6NC(c7cccc(-c8ccccc8)c7)=NC(c7ccccc7)N6)c45)c3cc21. The van der Waals surface area contributed by atoms with Crippen molar-refractivity contribution < 1.29 is 4.42 Å². The van der Waals surface area contributed by atoms with Gasteiger partial charge < -0.3 is 14.3 Å². The third-order valence-electron chi connectivity index (χ3n) is 12.7. The van der Waals surface area contributed by atoms with Gasteiger partial charge in [-0.2, -0.15) is 0 Å². The van der Waals surface area contributed by atoms with Crippen LogP contribution in [0.1, 0.15) is 54.0 Å². The van der Waals surface area contributed by atoms with Crippen LogP contribution in [0.25, 0.3) is 71.7 Å². The molecule has 3 heterocycles. The number of aromatic nitrogens is 1. The molecule has 1 aliphatic heterocycles. The van der Waals surface area contributed by atoms with Crippen LogP contribution in [-0.4, -0.2) is 10.4 Å². The molecular formula is C54H40N4O. The summed E-state index contributed by atoms with van der Waals surface area (Å²) in [7, 11) is 0. The third kappa shape index (κ3) is 5.18. The standard InChI is InChI=1S/C54H40N4O/c1-54(2)43-26-11-9-22-37(43)41-31-42-38-23-10-12-27-45(38)58(47(42)32-44(41)54)46-28-14-24-39-49-40(25-15-29-48(49)59-50(39)46)53-56-51(34-18-7-4-8-19-34)55-52(57-53)36-21-13-20-35(30-36)33-16-5-3-6-17-33/h3-32,51,53,56H,1-2H3,(H,55,57). The average molecular weight is 761 g/mol. The smallest absolute Gasteiger partial charge is 0.159 e. The monoisotopic (exact) mass is 760 g/mol. The van der Waals surface area contributed by atoms with Gasteiger partial charge in [-0.1, -0.05) is 159 Å². The first-order valence-electron chi connectivity index (χ1n) is 20.4. The number of fused-ring (bicyclic) bond motifs is 9. The summed E-state index contributed by atoms with van der Waals surface area (Å²) in [5, 5.41) is 12.3. The van der Waals surface area contributed by atoms with E-state index in [0.717, 1.165) is 61.2 Å². The molecule has 0 amide bonds. The van der Waals surface area contributed by atoms with E-state index in [1.807, 2.05) is 0 Å². The number of nitrogens with zero attached hydrogens (tertiary/aromatic N) is 2. The maximum Gasteiger partial charge on any atom is 0.159 e. The Balaban J connectivity index is 1.03. The Kier molecular flexibility index (Phi) is 7.41. The lowest BCUT2D eigenvalue weighted by atomic mass is 9.82. The number of para-hydroxylation sites is 2. The molecule has 5 heteroatoms. The fourth-order valence-corrected chi connectivity index (χ4v) is 9.85. The van der Waals surface area contributed by atoms with E-state index in [1.165, 1.54) is 44.1 Å².